The molecule has 0 unspecified atom stereocenters. The third-order valence-electron chi connectivity index (χ3n) is 3.27. The van der Waals surface area contributed by atoms with Crippen molar-refractivity contribution in [1.82, 2.24) is 9.55 Å². The number of imidazole rings is 1. The van der Waals surface area contributed by atoms with Gasteiger partial charge in [0, 0.05) is 13.3 Å². The van der Waals surface area contributed by atoms with Crippen molar-refractivity contribution in [2.24, 2.45) is 0 Å². The normalized spacial score (nSPS) is 11.3. The zero-order chi connectivity index (χ0) is 13.6. The van der Waals surface area contributed by atoms with Crippen LogP contribution in [0.1, 0.15) is 15.3 Å². The van der Waals surface area contributed by atoms with Crippen LogP contribution < -0.4 is 0 Å². The van der Waals surface area contributed by atoms with Gasteiger partial charge in [-0.1, -0.05) is 0 Å². The van der Waals surface area contributed by atoms with Crippen molar-refractivity contribution in [2.45, 2.75) is 20.4 Å². The van der Waals surface area contributed by atoms with Crippen LogP contribution in [0.3, 0.4) is 0 Å². The molecule has 0 amide bonds. The van der Waals surface area contributed by atoms with Gasteiger partial charge in [-0.15, -0.1) is 11.3 Å². The Bertz CT molecular complexity index is 791. The molecule has 0 radical (unpaired) electrons. The van der Waals surface area contributed by atoms with E-state index in [9.17, 15) is 0 Å². The van der Waals surface area contributed by atoms with Crippen LogP contribution >= 0.6 is 46.1 Å². The summed E-state index contributed by atoms with van der Waals surface area (Å²) in [5, 5.41) is 0. The van der Waals surface area contributed by atoms with Crippen LogP contribution in [0.5, 0.6) is 0 Å². The van der Waals surface area contributed by atoms with E-state index in [4.69, 9.17) is 12.2 Å². The lowest BCUT2D eigenvalue weighted by molar-refractivity contribution is 0.823. The molecule has 0 aliphatic heterocycles. The second-order valence-corrected chi connectivity index (χ2v) is 7.60. The van der Waals surface area contributed by atoms with Crippen LogP contribution in [-0.4, -0.2) is 9.55 Å². The summed E-state index contributed by atoms with van der Waals surface area (Å²) < 4.78 is 4.18. The first-order valence-corrected chi connectivity index (χ1v) is 8.29. The number of hydrogen-bond acceptors (Lipinski definition) is 2. The Balaban J connectivity index is 2.10. The Labute approximate surface area is 134 Å². The smallest absolute Gasteiger partial charge is 0.178 e. The van der Waals surface area contributed by atoms with Gasteiger partial charge in [-0.25, -0.2) is 0 Å². The lowest BCUT2D eigenvalue weighted by Gasteiger charge is -2.02. The quantitative estimate of drug-likeness (QED) is 0.473. The monoisotopic (exact) mass is 400 g/mol. The van der Waals surface area contributed by atoms with E-state index in [0.717, 1.165) is 16.8 Å². The minimum atomic E-state index is 0.792. The number of nitrogens with one attached hydrogen (secondary N) is 1. The van der Waals surface area contributed by atoms with Crippen LogP contribution in [0.25, 0.3) is 11.0 Å². The molecule has 98 valence electrons. The molecule has 0 bridgehead atoms. The van der Waals surface area contributed by atoms with Crippen molar-refractivity contribution in [3.63, 3.8) is 0 Å². The third kappa shape index (κ3) is 2.51. The zero-order valence-corrected chi connectivity index (χ0v) is 14.4. The highest BCUT2D eigenvalue weighted by molar-refractivity contribution is 14.1. The molecule has 3 aromatic rings. The van der Waals surface area contributed by atoms with E-state index in [1.165, 1.54) is 24.4 Å². The lowest BCUT2D eigenvalue weighted by atomic mass is 10.3. The molecule has 1 aromatic carbocycles. The van der Waals surface area contributed by atoms with E-state index in [0.29, 0.717) is 0 Å². The first kappa shape index (κ1) is 13.3. The summed E-state index contributed by atoms with van der Waals surface area (Å²) in [6, 6.07) is 8.64. The average Bonchev–Trinajstić information content (AvgIpc) is 2.81. The maximum absolute atomic E-state index is 5.44. The van der Waals surface area contributed by atoms with E-state index in [-0.39, 0.29) is 0 Å². The summed E-state index contributed by atoms with van der Waals surface area (Å²) in [7, 11) is 0. The molecular weight excluding hydrogens is 387 g/mol. The molecule has 0 saturated carbocycles. The standard InChI is InChI=1S/C14H13IN2S2/c1-8-5-11(19-9(8)2)7-17-13-4-3-10(15)6-12(13)16-14(17)18/h3-6H,7H2,1-2H3,(H,16,18). The van der Waals surface area contributed by atoms with Gasteiger partial charge in [0.2, 0.25) is 0 Å². The van der Waals surface area contributed by atoms with E-state index in [2.05, 4.69) is 70.3 Å². The number of aryl methyl sites for hydroxylation is 2. The molecule has 0 atom stereocenters. The van der Waals surface area contributed by atoms with Crippen molar-refractivity contribution < 1.29 is 0 Å². The van der Waals surface area contributed by atoms with Gasteiger partial charge in [0.05, 0.1) is 17.6 Å². The fourth-order valence-electron chi connectivity index (χ4n) is 2.18. The number of halogens is 1. The van der Waals surface area contributed by atoms with E-state index in [1.807, 2.05) is 11.3 Å². The minimum Gasteiger partial charge on any atom is -0.331 e. The molecule has 0 saturated heterocycles. The maximum Gasteiger partial charge on any atom is 0.178 e. The van der Waals surface area contributed by atoms with Crippen LogP contribution in [0.4, 0.5) is 0 Å². The summed E-state index contributed by atoms with van der Waals surface area (Å²) in [5.41, 5.74) is 3.65. The van der Waals surface area contributed by atoms with Crippen molar-refractivity contribution in [3.8, 4) is 0 Å². The first-order chi connectivity index (χ1) is 9.04. The average molecular weight is 400 g/mol. The number of rotatable bonds is 2. The topological polar surface area (TPSA) is 20.7 Å². The number of H-pyrrole nitrogens is 1. The Morgan fingerprint density at radius 2 is 2.11 bits per heavy atom. The van der Waals surface area contributed by atoms with Crippen molar-refractivity contribution in [2.75, 3.05) is 0 Å². The van der Waals surface area contributed by atoms with Crippen LogP contribution in [0.2, 0.25) is 0 Å². The Morgan fingerprint density at radius 1 is 1.32 bits per heavy atom. The number of aromatic nitrogens is 2. The van der Waals surface area contributed by atoms with Gasteiger partial charge in [-0.3, -0.25) is 0 Å². The van der Waals surface area contributed by atoms with Gasteiger partial charge in [-0.05, 0) is 78.5 Å². The van der Waals surface area contributed by atoms with E-state index >= 15 is 0 Å². The molecular formula is C14H13IN2S2. The number of benzene rings is 1. The fraction of sp³-hybridized carbons (Fsp3) is 0.214. The second-order valence-electron chi connectivity index (χ2n) is 4.63. The summed E-state index contributed by atoms with van der Waals surface area (Å²) >= 11 is 9.61. The highest BCUT2D eigenvalue weighted by Crippen LogP contribution is 2.24. The summed E-state index contributed by atoms with van der Waals surface area (Å²) in [4.78, 5) is 6.02. The van der Waals surface area contributed by atoms with Gasteiger partial charge in [0.15, 0.2) is 4.77 Å². The molecule has 19 heavy (non-hydrogen) atoms. The van der Waals surface area contributed by atoms with Crippen LogP contribution in [-0.2, 0) is 6.54 Å². The molecule has 0 fully saturated rings. The third-order valence-corrected chi connectivity index (χ3v) is 5.40. The SMILES string of the molecule is Cc1cc(Cn2c(=S)[nH]c3cc(I)ccc32)sc1C. The van der Waals surface area contributed by atoms with Gasteiger partial charge in [-0.2, -0.15) is 0 Å². The molecule has 0 aliphatic carbocycles. The zero-order valence-electron chi connectivity index (χ0n) is 10.7. The summed E-state index contributed by atoms with van der Waals surface area (Å²) in [6.07, 6.45) is 0. The number of thiophene rings is 1. The fourth-order valence-corrected chi connectivity index (χ4v) is 3.98. The summed E-state index contributed by atoms with van der Waals surface area (Å²) in [6.45, 7) is 5.17. The van der Waals surface area contributed by atoms with Crippen molar-refractivity contribution in [3.05, 3.63) is 47.9 Å². The van der Waals surface area contributed by atoms with Crippen LogP contribution in [0.15, 0.2) is 24.3 Å². The molecule has 0 spiro atoms. The number of fused-ring (bicyclic) bond motifs is 1. The highest BCUT2D eigenvalue weighted by Gasteiger charge is 2.08. The van der Waals surface area contributed by atoms with Gasteiger partial charge in [0.1, 0.15) is 0 Å². The Kier molecular flexibility index (Phi) is 3.53. The van der Waals surface area contributed by atoms with E-state index < -0.39 is 0 Å². The number of nitrogens with zero attached hydrogens (tertiary/aromatic N) is 1. The molecule has 5 heteroatoms. The van der Waals surface area contributed by atoms with Gasteiger partial charge < -0.3 is 9.55 Å². The van der Waals surface area contributed by atoms with Crippen LogP contribution in [0, 0.1) is 22.2 Å². The molecule has 2 aromatic heterocycles. The lowest BCUT2D eigenvalue weighted by Crippen LogP contribution is -1.97. The Hall–Kier alpha value is -0.660. The van der Waals surface area contributed by atoms with Crippen molar-refractivity contribution >= 4 is 57.2 Å². The number of hydrogen-bond donors (Lipinski definition) is 1. The largest absolute Gasteiger partial charge is 0.331 e. The van der Waals surface area contributed by atoms with Gasteiger partial charge >= 0.3 is 0 Å². The Morgan fingerprint density at radius 3 is 2.79 bits per heavy atom. The minimum absolute atomic E-state index is 0.792. The highest BCUT2D eigenvalue weighted by atomic mass is 127. The molecule has 0 aliphatic rings. The van der Waals surface area contributed by atoms with E-state index in [1.54, 1.807) is 0 Å². The number of aromatic amines is 1. The molecule has 2 heterocycles. The first-order valence-electron chi connectivity index (χ1n) is 5.98. The second kappa shape index (κ2) is 5.03. The molecule has 3 rings (SSSR count). The molecule has 2 nitrogen and oxygen atoms in total. The predicted octanol–water partition coefficient (Wildman–Crippen LogP) is 5.03. The predicted molar refractivity (Wildman–Crippen MR) is 92.7 cm³/mol. The van der Waals surface area contributed by atoms with Crippen molar-refractivity contribution in [1.29, 1.82) is 0 Å². The maximum atomic E-state index is 5.44. The van der Waals surface area contributed by atoms with Gasteiger partial charge in [0.25, 0.3) is 0 Å². The molecule has 1 N–H and O–H groups in total. The summed E-state index contributed by atoms with van der Waals surface area (Å²) in [5.74, 6) is 0.